The number of hydrogen-bond acceptors (Lipinski definition) is 6. The van der Waals surface area contributed by atoms with E-state index in [-0.39, 0.29) is 11.7 Å². The van der Waals surface area contributed by atoms with Gasteiger partial charge in [0.05, 0.1) is 25.2 Å². The van der Waals surface area contributed by atoms with Crippen LogP contribution in [0.25, 0.3) is 0 Å². The Balaban J connectivity index is 2.64. The number of esters is 1. The summed E-state index contributed by atoms with van der Waals surface area (Å²) in [5.41, 5.74) is 6.22. The molecule has 1 aromatic rings. The third-order valence-corrected chi connectivity index (χ3v) is 2.78. The quantitative estimate of drug-likeness (QED) is 0.617. The molecule has 5 nitrogen and oxygen atoms in total. The van der Waals surface area contributed by atoms with Crippen molar-refractivity contribution in [3.05, 3.63) is 12.1 Å². The van der Waals surface area contributed by atoms with Gasteiger partial charge < -0.3 is 15.2 Å². The Kier molecular flexibility index (Phi) is 5.62. The second-order valence-electron chi connectivity index (χ2n) is 3.26. The Morgan fingerprint density at radius 2 is 2.29 bits per heavy atom. The number of carbonyl (C=O) groups is 1. The van der Waals surface area contributed by atoms with E-state index in [0.717, 1.165) is 6.42 Å². The molecule has 94 valence electrons. The summed E-state index contributed by atoms with van der Waals surface area (Å²) >= 11 is 1.29. The maximum atomic E-state index is 11.0. The summed E-state index contributed by atoms with van der Waals surface area (Å²) in [6.45, 7) is 2.58. The van der Waals surface area contributed by atoms with E-state index in [4.69, 9.17) is 10.5 Å². The molecule has 1 aromatic heterocycles. The summed E-state index contributed by atoms with van der Waals surface area (Å²) in [4.78, 5) is 15.2. The van der Waals surface area contributed by atoms with Crippen molar-refractivity contribution in [1.29, 1.82) is 0 Å². The van der Waals surface area contributed by atoms with Crippen LogP contribution in [0, 0.1) is 0 Å². The Labute approximate surface area is 105 Å². The fourth-order valence-electron chi connectivity index (χ4n) is 1.02. The van der Waals surface area contributed by atoms with Crippen LogP contribution in [0.15, 0.2) is 17.2 Å². The number of hydrogen-bond donors (Lipinski definition) is 1. The standard InChI is InChI=1S/C11H16N2O3S/c1-3-6-16-11-8(12)4-5-9(13-11)17-7-10(14)15-2/h4-5H,3,6-7,12H2,1-2H3. The third-order valence-electron chi connectivity index (χ3n) is 1.87. The van der Waals surface area contributed by atoms with Crippen LogP contribution >= 0.6 is 11.8 Å². The lowest BCUT2D eigenvalue weighted by molar-refractivity contribution is -0.137. The van der Waals surface area contributed by atoms with Crippen molar-refractivity contribution in [2.45, 2.75) is 18.4 Å². The molecule has 0 fully saturated rings. The average molecular weight is 256 g/mol. The van der Waals surface area contributed by atoms with Crippen molar-refractivity contribution in [2.24, 2.45) is 0 Å². The van der Waals surface area contributed by atoms with Crippen LogP contribution in [-0.4, -0.2) is 30.4 Å². The molecule has 0 aliphatic carbocycles. The Morgan fingerprint density at radius 1 is 1.53 bits per heavy atom. The summed E-state index contributed by atoms with van der Waals surface area (Å²) in [7, 11) is 1.36. The molecule has 0 atom stereocenters. The zero-order chi connectivity index (χ0) is 12.7. The lowest BCUT2D eigenvalue weighted by Gasteiger charge is -2.08. The molecule has 0 aliphatic rings. The van der Waals surface area contributed by atoms with Crippen LogP contribution in [0.2, 0.25) is 0 Å². The first-order valence-corrected chi connectivity index (χ1v) is 6.24. The minimum Gasteiger partial charge on any atom is -0.476 e. The van der Waals surface area contributed by atoms with Crippen LogP contribution in [0.5, 0.6) is 5.88 Å². The Hall–Kier alpha value is -1.43. The predicted octanol–water partition coefficient (Wildman–Crippen LogP) is 1.72. The number of anilines is 1. The summed E-state index contributed by atoms with van der Waals surface area (Å²) in [6, 6.07) is 3.47. The smallest absolute Gasteiger partial charge is 0.316 e. The first-order valence-electron chi connectivity index (χ1n) is 5.26. The van der Waals surface area contributed by atoms with E-state index in [1.807, 2.05) is 6.92 Å². The van der Waals surface area contributed by atoms with Gasteiger partial charge in [-0.05, 0) is 18.6 Å². The second-order valence-corrected chi connectivity index (χ2v) is 4.25. The van der Waals surface area contributed by atoms with E-state index in [1.54, 1.807) is 12.1 Å². The average Bonchev–Trinajstić information content (AvgIpc) is 2.35. The number of methoxy groups -OCH3 is 1. The van der Waals surface area contributed by atoms with Gasteiger partial charge in [-0.25, -0.2) is 4.98 Å². The zero-order valence-electron chi connectivity index (χ0n) is 9.93. The van der Waals surface area contributed by atoms with Crippen LogP contribution in [0.1, 0.15) is 13.3 Å². The molecule has 6 heteroatoms. The summed E-state index contributed by atoms with van der Waals surface area (Å²) in [5.74, 6) is 0.354. The summed E-state index contributed by atoms with van der Waals surface area (Å²) in [5, 5.41) is 0.690. The minimum absolute atomic E-state index is 0.223. The normalized spacial score (nSPS) is 10.0. The molecule has 0 amide bonds. The number of thioether (sulfide) groups is 1. The van der Waals surface area contributed by atoms with Crippen LogP contribution in [-0.2, 0) is 9.53 Å². The van der Waals surface area contributed by atoms with Gasteiger partial charge in [0, 0.05) is 0 Å². The molecule has 0 radical (unpaired) electrons. The van der Waals surface area contributed by atoms with E-state index in [1.165, 1.54) is 18.9 Å². The molecule has 17 heavy (non-hydrogen) atoms. The molecule has 2 N–H and O–H groups in total. The summed E-state index contributed by atoms with van der Waals surface area (Å²) in [6.07, 6.45) is 0.890. The Morgan fingerprint density at radius 3 is 2.94 bits per heavy atom. The number of nitrogen functional groups attached to an aromatic ring is 1. The van der Waals surface area contributed by atoms with Gasteiger partial charge in [-0.15, -0.1) is 0 Å². The predicted molar refractivity (Wildman–Crippen MR) is 67.2 cm³/mol. The van der Waals surface area contributed by atoms with E-state index < -0.39 is 0 Å². The first-order chi connectivity index (χ1) is 8.17. The molecule has 0 saturated carbocycles. The number of carbonyl (C=O) groups excluding carboxylic acids is 1. The van der Waals surface area contributed by atoms with E-state index in [2.05, 4.69) is 9.72 Å². The van der Waals surface area contributed by atoms with Crippen molar-refractivity contribution < 1.29 is 14.3 Å². The first kappa shape index (κ1) is 13.6. The van der Waals surface area contributed by atoms with Gasteiger partial charge in [0.25, 0.3) is 0 Å². The second kappa shape index (κ2) is 7.01. The molecule has 0 bridgehead atoms. The lowest BCUT2D eigenvalue weighted by Crippen LogP contribution is -2.04. The molecule has 0 unspecified atom stereocenters. The SMILES string of the molecule is CCCOc1nc(SCC(=O)OC)ccc1N. The van der Waals surface area contributed by atoms with Gasteiger partial charge in [0.15, 0.2) is 0 Å². The number of pyridine rings is 1. The fraction of sp³-hybridized carbons (Fsp3) is 0.455. The highest BCUT2D eigenvalue weighted by Crippen LogP contribution is 2.24. The third kappa shape index (κ3) is 4.52. The van der Waals surface area contributed by atoms with Gasteiger partial charge >= 0.3 is 5.97 Å². The Bertz CT molecular complexity index is 385. The topological polar surface area (TPSA) is 74.4 Å². The van der Waals surface area contributed by atoms with Gasteiger partial charge in [0.2, 0.25) is 5.88 Å². The number of nitrogens with two attached hydrogens (primary N) is 1. The molecular weight excluding hydrogens is 240 g/mol. The van der Waals surface area contributed by atoms with Gasteiger partial charge in [-0.2, -0.15) is 0 Å². The van der Waals surface area contributed by atoms with Crippen molar-refractivity contribution in [1.82, 2.24) is 4.98 Å². The van der Waals surface area contributed by atoms with E-state index in [0.29, 0.717) is 23.2 Å². The zero-order valence-corrected chi connectivity index (χ0v) is 10.8. The molecule has 0 saturated heterocycles. The van der Waals surface area contributed by atoms with Crippen molar-refractivity contribution in [3.8, 4) is 5.88 Å². The molecule has 0 spiro atoms. The van der Waals surface area contributed by atoms with Gasteiger partial charge in [-0.1, -0.05) is 18.7 Å². The minimum atomic E-state index is -0.287. The maximum Gasteiger partial charge on any atom is 0.316 e. The van der Waals surface area contributed by atoms with E-state index in [9.17, 15) is 4.79 Å². The number of nitrogens with zero attached hydrogens (tertiary/aromatic N) is 1. The molecule has 0 aliphatic heterocycles. The van der Waals surface area contributed by atoms with Crippen molar-refractivity contribution in [3.63, 3.8) is 0 Å². The highest BCUT2D eigenvalue weighted by atomic mass is 32.2. The summed E-state index contributed by atoms with van der Waals surface area (Å²) < 4.78 is 9.94. The van der Waals surface area contributed by atoms with Gasteiger partial charge in [-0.3, -0.25) is 4.79 Å². The van der Waals surface area contributed by atoms with Crippen LogP contribution in [0.4, 0.5) is 5.69 Å². The molecular formula is C11H16N2O3S. The van der Waals surface area contributed by atoms with Crippen LogP contribution in [0.3, 0.4) is 0 Å². The maximum absolute atomic E-state index is 11.0. The van der Waals surface area contributed by atoms with Crippen LogP contribution < -0.4 is 10.5 Å². The molecule has 0 aromatic carbocycles. The highest BCUT2D eigenvalue weighted by Gasteiger charge is 2.07. The molecule has 1 rings (SSSR count). The highest BCUT2D eigenvalue weighted by molar-refractivity contribution is 7.99. The number of aromatic nitrogens is 1. The monoisotopic (exact) mass is 256 g/mol. The van der Waals surface area contributed by atoms with Crippen molar-refractivity contribution >= 4 is 23.4 Å². The van der Waals surface area contributed by atoms with Crippen molar-refractivity contribution in [2.75, 3.05) is 25.2 Å². The largest absolute Gasteiger partial charge is 0.476 e. The number of ether oxygens (including phenoxy) is 2. The lowest BCUT2D eigenvalue weighted by atomic mass is 10.4. The van der Waals surface area contributed by atoms with E-state index >= 15 is 0 Å². The van der Waals surface area contributed by atoms with Gasteiger partial charge in [0.1, 0.15) is 5.03 Å². The molecule has 1 heterocycles. The fourth-order valence-corrected chi connectivity index (χ4v) is 1.72. The number of rotatable bonds is 6.